The van der Waals surface area contributed by atoms with Gasteiger partial charge in [-0.25, -0.2) is 0 Å². The number of carbonyl (C=O) groups excluding carboxylic acids is 1. The van der Waals surface area contributed by atoms with Crippen LogP contribution in [0.3, 0.4) is 0 Å². The summed E-state index contributed by atoms with van der Waals surface area (Å²) in [5, 5.41) is 9.37. The minimum absolute atomic E-state index is 0.212. The van der Waals surface area contributed by atoms with E-state index in [2.05, 4.69) is 4.18 Å². The number of rotatable bonds is 2. The van der Waals surface area contributed by atoms with Gasteiger partial charge in [-0.05, 0) is 25.0 Å². The van der Waals surface area contributed by atoms with E-state index in [1.807, 2.05) is 6.07 Å². The smallest absolute Gasteiger partial charge is 0.375 e. The predicted octanol–water partition coefficient (Wildman–Crippen LogP) is 1.97. The second kappa shape index (κ2) is 4.61. The van der Waals surface area contributed by atoms with Crippen LogP contribution in [0.5, 0.6) is 5.75 Å². The van der Waals surface area contributed by atoms with Crippen LogP contribution in [0.4, 0.5) is 18.9 Å². The van der Waals surface area contributed by atoms with Gasteiger partial charge < -0.3 is 9.08 Å². The van der Waals surface area contributed by atoms with Crippen LogP contribution in [0.15, 0.2) is 18.2 Å². The molecular weight excluding hydrogens is 337 g/mol. The zero-order chi connectivity index (χ0) is 17.0. The van der Waals surface area contributed by atoms with Crippen molar-refractivity contribution in [3.05, 3.63) is 23.8 Å². The Morgan fingerprint density at radius 3 is 2.65 bits per heavy atom. The van der Waals surface area contributed by atoms with Crippen molar-refractivity contribution in [3.8, 4) is 11.8 Å². The lowest BCUT2D eigenvalue weighted by molar-refractivity contribution is -0.0500. The summed E-state index contributed by atoms with van der Waals surface area (Å²) in [7, 11) is -5.90. The van der Waals surface area contributed by atoms with Gasteiger partial charge in [-0.1, -0.05) is 6.07 Å². The van der Waals surface area contributed by atoms with Crippen LogP contribution in [0.1, 0.15) is 23.2 Å². The first-order chi connectivity index (χ1) is 10.6. The fraction of sp³-hybridized carbons (Fsp3) is 0.385. The first-order valence-electron chi connectivity index (χ1n) is 6.51. The van der Waals surface area contributed by atoms with E-state index in [0.29, 0.717) is 13.0 Å². The standard InChI is InChI=1S/C13H9F3N2O4S/c14-13(15,16)23(20,21)22-9-4-1-3-8-10(9)11(19)12(7-17)5-2-6-18(8)12/h1,3-4H,2,5-6H2. The van der Waals surface area contributed by atoms with Gasteiger partial charge in [0.15, 0.2) is 11.3 Å². The SMILES string of the molecule is N#CC12CCCN1c1cccc(OS(=O)(=O)C(F)(F)F)c1C2=O. The van der Waals surface area contributed by atoms with E-state index in [1.165, 1.54) is 17.0 Å². The average molecular weight is 346 g/mol. The Bertz CT molecular complexity index is 844. The molecule has 10 heteroatoms. The van der Waals surface area contributed by atoms with Gasteiger partial charge in [0.05, 0.1) is 17.3 Å². The molecule has 1 aromatic rings. The molecule has 3 rings (SSSR count). The molecule has 0 amide bonds. The lowest BCUT2D eigenvalue weighted by atomic mass is 9.92. The van der Waals surface area contributed by atoms with Crippen molar-refractivity contribution < 1.29 is 30.6 Å². The molecule has 2 aliphatic rings. The first kappa shape index (κ1) is 15.6. The van der Waals surface area contributed by atoms with Crippen molar-refractivity contribution in [2.45, 2.75) is 23.9 Å². The third-order valence-electron chi connectivity index (χ3n) is 3.95. The zero-order valence-electron chi connectivity index (χ0n) is 11.4. The highest BCUT2D eigenvalue weighted by atomic mass is 32.2. The number of nitrogens with zero attached hydrogens (tertiary/aromatic N) is 2. The Balaban J connectivity index is 2.12. The van der Waals surface area contributed by atoms with Crippen LogP contribution in [0, 0.1) is 11.3 Å². The van der Waals surface area contributed by atoms with Crippen LogP contribution in [-0.4, -0.2) is 31.8 Å². The van der Waals surface area contributed by atoms with E-state index in [-0.39, 0.29) is 17.7 Å². The first-order valence-corrected chi connectivity index (χ1v) is 7.92. The summed E-state index contributed by atoms with van der Waals surface area (Å²) in [5.74, 6) is -1.45. The molecule has 0 aromatic heterocycles. The summed E-state index contributed by atoms with van der Waals surface area (Å²) in [5.41, 5.74) is -7.20. The average Bonchev–Trinajstić information content (AvgIpc) is 2.97. The fourth-order valence-corrected chi connectivity index (χ4v) is 3.43. The maximum Gasteiger partial charge on any atom is 0.534 e. The van der Waals surface area contributed by atoms with Crippen molar-refractivity contribution in [2.75, 3.05) is 11.4 Å². The van der Waals surface area contributed by atoms with Gasteiger partial charge >= 0.3 is 15.6 Å². The minimum atomic E-state index is -5.90. The molecule has 23 heavy (non-hydrogen) atoms. The Hall–Kier alpha value is -2.28. The molecule has 2 heterocycles. The van der Waals surface area contributed by atoms with E-state index in [4.69, 9.17) is 0 Å². The van der Waals surface area contributed by atoms with Gasteiger partial charge in [0, 0.05) is 6.54 Å². The van der Waals surface area contributed by atoms with Gasteiger partial charge in [-0.2, -0.15) is 26.9 Å². The van der Waals surface area contributed by atoms with Crippen molar-refractivity contribution in [2.24, 2.45) is 0 Å². The molecule has 0 radical (unpaired) electrons. The summed E-state index contributed by atoms with van der Waals surface area (Å²) >= 11 is 0. The largest absolute Gasteiger partial charge is 0.534 e. The number of nitriles is 1. The summed E-state index contributed by atoms with van der Waals surface area (Å²) in [6.07, 6.45) is 0.799. The highest BCUT2D eigenvalue weighted by Gasteiger charge is 2.56. The highest BCUT2D eigenvalue weighted by molar-refractivity contribution is 7.88. The van der Waals surface area contributed by atoms with Gasteiger partial charge in [-0.3, -0.25) is 4.79 Å². The molecule has 122 valence electrons. The van der Waals surface area contributed by atoms with Crippen molar-refractivity contribution >= 4 is 21.6 Å². The summed E-state index contributed by atoms with van der Waals surface area (Å²) in [6, 6.07) is 5.60. The van der Waals surface area contributed by atoms with E-state index in [1.54, 1.807) is 0 Å². The molecule has 1 unspecified atom stereocenters. The summed E-state index contributed by atoms with van der Waals surface area (Å²) in [6.45, 7) is 0.377. The van der Waals surface area contributed by atoms with Crippen LogP contribution < -0.4 is 9.08 Å². The third kappa shape index (κ3) is 1.99. The number of alkyl halides is 3. The summed E-state index contributed by atoms with van der Waals surface area (Å²) < 4.78 is 63.9. The molecular formula is C13H9F3N2O4S. The lowest BCUT2D eigenvalue weighted by Gasteiger charge is -2.24. The molecule has 0 aliphatic carbocycles. The number of halogens is 3. The molecule has 0 bridgehead atoms. The van der Waals surface area contributed by atoms with Crippen LogP contribution in [0.2, 0.25) is 0 Å². The van der Waals surface area contributed by atoms with E-state index < -0.39 is 32.7 Å². The van der Waals surface area contributed by atoms with Gasteiger partial charge in [0.1, 0.15) is 0 Å². The van der Waals surface area contributed by atoms with Gasteiger partial charge in [0.2, 0.25) is 5.78 Å². The second-order valence-corrected chi connectivity index (χ2v) is 6.73. The predicted molar refractivity (Wildman–Crippen MR) is 71.3 cm³/mol. The number of fused-ring (bicyclic) bond motifs is 3. The van der Waals surface area contributed by atoms with E-state index >= 15 is 0 Å². The number of hydrogen-bond acceptors (Lipinski definition) is 6. The lowest BCUT2D eigenvalue weighted by Crippen LogP contribution is -2.44. The third-order valence-corrected chi connectivity index (χ3v) is 4.91. The molecule has 0 saturated carbocycles. The van der Waals surface area contributed by atoms with E-state index in [0.717, 1.165) is 6.07 Å². The Morgan fingerprint density at radius 1 is 1.35 bits per heavy atom. The molecule has 1 aromatic carbocycles. The number of ketones is 1. The highest BCUT2D eigenvalue weighted by Crippen LogP contribution is 2.48. The number of anilines is 1. The quantitative estimate of drug-likeness (QED) is 0.601. The Labute approximate surface area is 129 Å². The molecule has 2 aliphatic heterocycles. The van der Waals surface area contributed by atoms with Gasteiger partial charge in [0.25, 0.3) is 0 Å². The fourth-order valence-electron chi connectivity index (χ4n) is 2.96. The molecule has 1 saturated heterocycles. The van der Waals surface area contributed by atoms with Crippen LogP contribution in [-0.2, 0) is 10.1 Å². The maximum absolute atomic E-state index is 12.6. The van der Waals surface area contributed by atoms with E-state index in [9.17, 15) is 31.6 Å². The molecule has 6 nitrogen and oxygen atoms in total. The summed E-state index contributed by atoms with van der Waals surface area (Å²) in [4.78, 5) is 14.1. The Kier molecular flexibility index (Phi) is 3.13. The topological polar surface area (TPSA) is 87.5 Å². The number of Topliss-reactive ketones (excluding diaryl/α,β-unsaturated/α-hetero) is 1. The minimum Gasteiger partial charge on any atom is -0.375 e. The van der Waals surface area contributed by atoms with Crippen LogP contribution in [0.25, 0.3) is 0 Å². The van der Waals surface area contributed by atoms with Crippen molar-refractivity contribution in [1.82, 2.24) is 0 Å². The normalized spacial score (nSPS) is 23.4. The number of hydrogen-bond donors (Lipinski definition) is 0. The molecule has 1 atom stereocenters. The van der Waals surface area contributed by atoms with Crippen molar-refractivity contribution in [3.63, 3.8) is 0 Å². The molecule has 1 fully saturated rings. The van der Waals surface area contributed by atoms with Gasteiger partial charge in [-0.15, -0.1) is 0 Å². The maximum atomic E-state index is 12.6. The second-order valence-electron chi connectivity index (χ2n) is 5.19. The van der Waals surface area contributed by atoms with Crippen LogP contribution >= 0.6 is 0 Å². The molecule has 0 N–H and O–H groups in total. The Morgan fingerprint density at radius 2 is 2.04 bits per heavy atom. The number of benzene rings is 1. The number of carbonyl (C=O) groups is 1. The van der Waals surface area contributed by atoms with Crippen molar-refractivity contribution in [1.29, 1.82) is 5.26 Å². The molecule has 0 spiro atoms. The zero-order valence-corrected chi connectivity index (χ0v) is 12.2. The monoisotopic (exact) mass is 346 g/mol.